The third-order valence-corrected chi connectivity index (χ3v) is 5.31. The Morgan fingerprint density at radius 2 is 1.88 bits per heavy atom. The van der Waals surface area contributed by atoms with E-state index in [1.807, 2.05) is 6.92 Å². The van der Waals surface area contributed by atoms with Gasteiger partial charge in [0.25, 0.3) is 0 Å². The Morgan fingerprint density at radius 1 is 1.31 bits per heavy atom. The molecule has 0 N–H and O–H groups in total. The molecule has 0 saturated carbocycles. The Bertz CT molecular complexity index is 236. The van der Waals surface area contributed by atoms with Gasteiger partial charge in [-0.15, -0.1) is 0 Å². The topological polar surface area (TPSA) is 44.8 Å². The normalized spacial score (nSPS) is 11.5. The van der Waals surface area contributed by atoms with E-state index in [-0.39, 0.29) is 5.78 Å². The quantitative estimate of drug-likeness (QED) is 0.462. The van der Waals surface area contributed by atoms with E-state index in [0.717, 1.165) is 12.5 Å². The Hall–Kier alpha value is -0.493. The van der Waals surface area contributed by atoms with Crippen molar-refractivity contribution in [3.8, 4) is 0 Å². The van der Waals surface area contributed by atoms with E-state index in [1.54, 1.807) is 21.1 Å². The highest BCUT2D eigenvalue weighted by atomic mass is 28.4. The molecule has 0 saturated heterocycles. The van der Waals surface area contributed by atoms with Gasteiger partial charge in [0.05, 0.1) is 0 Å². The summed E-state index contributed by atoms with van der Waals surface area (Å²) in [5, 5.41) is 0. The first-order valence-electron chi connectivity index (χ1n) is 5.44. The smallest absolute Gasteiger partial charge is 0.377 e. The molecule has 0 spiro atoms. The van der Waals surface area contributed by atoms with E-state index in [0.29, 0.717) is 18.6 Å². The first-order valence-corrected chi connectivity index (χ1v) is 7.37. The van der Waals surface area contributed by atoms with Crippen LogP contribution in [0.3, 0.4) is 0 Å². The third kappa shape index (κ3) is 5.02. The molecule has 0 fully saturated rings. The molecule has 4 nitrogen and oxygen atoms in total. The van der Waals surface area contributed by atoms with Crippen LogP contribution in [-0.2, 0) is 18.1 Å². The fraction of sp³-hybridized carbons (Fsp3) is 0.727. The molecule has 0 aliphatic carbocycles. The van der Waals surface area contributed by atoms with Crippen molar-refractivity contribution in [1.29, 1.82) is 0 Å². The van der Waals surface area contributed by atoms with E-state index >= 15 is 0 Å². The van der Waals surface area contributed by atoms with Gasteiger partial charge in [-0.1, -0.05) is 19.9 Å². The van der Waals surface area contributed by atoms with Crippen molar-refractivity contribution in [3.63, 3.8) is 0 Å². The number of allylic oxidation sites excluding steroid dienone is 1. The molecule has 5 heteroatoms. The molecule has 94 valence electrons. The van der Waals surface area contributed by atoms with Crippen LogP contribution in [0.5, 0.6) is 0 Å². The van der Waals surface area contributed by atoms with Crippen molar-refractivity contribution < 1.29 is 18.1 Å². The summed E-state index contributed by atoms with van der Waals surface area (Å²) in [7, 11) is 0.652. The molecule has 0 unspecified atom stereocenters. The molecule has 0 aliphatic rings. The highest BCUT2D eigenvalue weighted by Gasteiger charge is 2.37. The summed E-state index contributed by atoms with van der Waals surface area (Å²) in [6, 6.07) is 0.765. The number of hydrogen-bond donors (Lipinski definition) is 0. The van der Waals surface area contributed by atoms with Crippen LogP contribution in [0.2, 0.25) is 6.04 Å². The van der Waals surface area contributed by atoms with Gasteiger partial charge in [-0.05, 0) is 12.5 Å². The summed E-state index contributed by atoms with van der Waals surface area (Å²) in [5.41, 5.74) is 0.557. The van der Waals surface area contributed by atoms with E-state index in [2.05, 4.69) is 6.58 Å². The van der Waals surface area contributed by atoms with Gasteiger partial charge in [0.15, 0.2) is 5.78 Å². The SMILES string of the molecule is C=C(C)C(=O)CCO[Si](CCC)(OC)OC. The van der Waals surface area contributed by atoms with Gasteiger partial charge in [0, 0.05) is 33.3 Å². The van der Waals surface area contributed by atoms with Gasteiger partial charge in [-0.2, -0.15) is 0 Å². The molecule has 0 heterocycles. The van der Waals surface area contributed by atoms with Crippen LogP contribution in [0.25, 0.3) is 0 Å². The molecule has 0 aliphatic heterocycles. The first kappa shape index (κ1) is 15.5. The zero-order chi connectivity index (χ0) is 12.6. The predicted octanol–water partition coefficient (Wildman–Crippen LogP) is 2.18. The highest BCUT2D eigenvalue weighted by Crippen LogP contribution is 2.16. The van der Waals surface area contributed by atoms with E-state index < -0.39 is 8.80 Å². The lowest BCUT2D eigenvalue weighted by Crippen LogP contribution is -2.44. The van der Waals surface area contributed by atoms with E-state index in [1.165, 1.54) is 0 Å². The number of carbonyl (C=O) groups excluding carboxylic acids is 1. The van der Waals surface area contributed by atoms with E-state index in [9.17, 15) is 4.79 Å². The molecule has 0 amide bonds. The fourth-order valence-electron chi connectivity index (χ4n) is 1.30. The van der Waals surface area contributed by atoms with Gasteiger partial charge >= 0.3 is 8.80 Å². The lowest BCUT2D eigenvalue weighted by atomic mass is 10.2. The van der Waals surface area contributed by atoms with Crippen LogP contribution in [0.15, 0.2) is 12.2 Å². The minimum Gasteiger partial charge on any atom is -0.377 e. The number of Topliss-reactive ketones (excluding diaryl/α,β-unsaturated/α-hetero) is 1. The minimum atomic E-state index is -2.53. The molecule has 0 rings (SSSR count). The molecule has 0 bridgehead atoms. The number of ketones is 1. The predicted molar refractivity (Wildman–Crippen MR) is 65.3 cm³/mol. The van der Waals surface area contributed by atoms with Gasteiger partial charge in [0.1, 0.15) is 0 Å². The minimum absolute atomic E-state index is 0.0200. The summed E-state index contributed by atoms with van der Waals surface area (Å²) >= 11 is 0. The molecule has 16 heavy (non-hydrogen) atoms. The second-order valence-corrected chi connectivity index (χ2v) is 6.61. The molecular formula is C11H22O4Si. The Balaban J connectivity index is 4.12. The summed E-state index contributed by atoms with van der Waals surface area (Å²) < 4.78 is 16.3. The van der Waals surface area contributed by atoms with Crippen molar-refractivity contribution in [2.24, 2.45) is 0 Å². The van der Waals surface area contributed by atoms with Crippen LogP contribution in [-0.4, -0.2) is 35.4 Å². The molecule has 0 aromatic rings. The van der Waals surface area contributed by atoms with Crippen LogP contribution in [0.4, 0.5) is 0 Å². The average molecular weight is 246 g/mol. The number of carbonyl (C=O) groups is 1. The van der Waals surface area contributed by atoms with Crippen molar-refractivity contribution in [2.75, 3.05) is 20.8 Å². The van der Waals surface area contributed by atoms with Crippen molar-refractivity contribution in [3.05, 3.63) is 12.2 Å². The largest absolute Gasteiger partial charge is 0.500 e. The van der Waals surface area contributed by atoms with E-state index in [4.69, 9.17) is 13.3 Å². The Morgan fingerprint density at radius 3 is 2.25 bits per heavy atom. The van der Waals surface area contributed by atoms with Gasteiger partial charge in [0.2, 0.25) is 0 Å². The third-order valence-electron chi connectivity index (χ3n) is 2.31. The van der Waals surface area contributed by atoms with Crippen molar-refractivity contribution >= 4 is 14.6 Å². The summed E-state index contributed by atoms with van der Waals surface area (Å²) in [6.45, 7) is 7.67. The Labute approximate surface area is 99.0 Å². The lowest BCUT2D eigenvalue weighted by Gasteiger charge is -2.25. The maximum absolute atomic E-state index is 11.3. The number of hydrogen-bond acceptors (Lipinski definition) is 4. The van der Waals surface area contributed by atoms with Crippen LogP contribution in [0, 0.1) is 0 Å². The van der Waals surface area contributed by atoms with Crippen LogP contribution >= 0.6 is 0 Å². The zero-order valence-electron chi connectivity index (χ0n) is 10.7. The second kappa shape index (κ2) is 7.73. The molecule has 0 aromatic carbocycles. The first-order chi connectivity index (χ1) is 7.51. The summed E-state index contributed by atoms with van der Waals surface area (Å²) in [5.74, 6) is 0.0200. The van der Waals surface area contributed by atoms with Crippen LogP contribution in [0.1, 0.15) is 26.7 Å². The van der Waals surface area contributed by atoms with Gasteiger partial charge < -0.3 is 13.3 Å². The van der Waals surface area contributed by atoms with Crippen molar-refractivity contribution in [1.82, 2.24) is 0 Å². The average Bonchev–Trinajstić information content (AvgIpc) is 2.27. The maximum Gasteiger partial charge on any atom is 0.500 e. The lowest BCUT2D eigenvalue weighted by molar-refractivity contribution is -0.116. The Kier molecular flexibility index (Phi) is 7.49. The van der Waals surface area contributed by atoms with Gasteiger partial charge in [-0.3, -0.25) is 4.79 Å². The molecule has 0 aromatic heterocycles. The zero-order valence-corrected chi connectivity index (χ0v) is 11.7. The summed E-state index contributed by atoms with van der Waals surface area (Å²) in [6.07, 6.45) is 1.27. The fourth-order valence-corrected chi connectivity index (χ4v) is 3.28. The maximum atomic E-state index is 11.3. The highest BCUT2D eigenvalue weighted by molar-refractivity contribution is 6.60. The second-order valence-electron chi connectivity index (χ2n) is 3.64. The summed E-state index contributed by atoms with van der Waals surface area (Å²) in [4.78, 5) is 11.3. The van der Waals surface area contributed by atoms with Gasteiger partial charge in [-0.25, -0.2) is 0 Å². The number of rotatable bonds is 9. The standard InChI is InChI=1S/C11H22O4Si/c1-6-9-16(13-4,14-5)15-8-7-11(12)10(2)3/h2,6-9H2,1,3-5H3. The monoisotopic (exact) mass is 246 g/mol. The van der Waals surface area contributed by atoms with Crippen LogP contribution < -0.4 is 0 Å². The molecule has 0 atom stereocenters. The molecule has 0 radical (unpaired) electrons. The molecular weight excluding hydrogens is 224 g/mol. The van der Waals surface area contributed by atoms with Crippen molar-refractivity contribution in [2.45, 2.75) is 32.7 Å².